The van der Waals surface area contributed by atoms with Crippen LogP contribution >= 0.6 is 50.7 Å². The van der Waals surface area contributed by atoms with Crippen LogP contribution in [0, 0.1) is 0 Å². The van der Waals surface area contributed by atoms with Crippen LogP contribution in [0.2, 0.25) is 15.1 Å². The van der Waals surface area contributed by atoms with Gasteiger partial charge in [-0.05, 0) is 61.0 Å². The van der Waals surface area contributed by atoms with E-state index < -0.39 is 22.5 Å². The fourth-order valence-electron chi connectivity index (χ4n) is 3.15. The molecular formula is C23H20BrCl3N2O3S. The first-order valence-electron chi connectivity index (χ1n) is 9.81. The summed E-state index contributed by atoms with van der Waals surface area (Å²) in [4.78, 5) is 12.9. The second-order valence-electron chi connectivity index (χ2n) is 7.27. The van der Waals surface area contributed by atoms with Gasteiger partial charge >= 0.3 is 0 Å². The highest BCUT2D eigenvalue weighted by molar-refractivity contribution is 9.10. The standard InChI is InChI=1S/C23H20BrCl3N2O3S/c1-15(16-4-2-5-17(24)12-16)28-23(30)14-29(13-20-21(26)6-3-7-22(20)27)33(31,32)19-10-8-18(25)9-11-19/h2-12,15H,13-14H2,1H3,(H,28,30)/t15-/m0/s1. The van der Waals surface area contributed by atoms with Crippen molar-refractivity contribution in [2.24, 2.45) is 0 Å². The maximum atomic E-state index is 13.4. The minimum atomic E-state index is -4.06. The van der Waals surface area contributed by atoms with E-state index in [1.807, 2.05) is 31.2 Å². The fraction of sp³-hybridized carbons (Fsp3) is 0.174. The van der Waals surface area contributed by atoms with Crippen molar-refractivity contribution in [3.8, 4) is 0 Å². The van der Waals surface area contributed by atoms with Crippen LogP contribution in [0.5, 0.6) is 0 Å². The third-order valence-electron chi connectivity index (χ3n) is 4.89. The predicted octanol–water partition coefficient (Wildman–Crippen LogP) is 6.48. The van der Waals surface area contributed by atoms with Gasteiger partial charge in [-0.3, -0.25) is 4.79 Å². The number of amides is 1. The maximum Gasteiger partial charge on any atom is 0.243 e. The Morgan fingerprint density at radius 1 is 1.00 bits per heavy atom. The van der Waals surface area contributed by atoms with E-state index >= 15 is 0 Å². The van der Waals surface area contributed by atoms with Gasteiger partial charge in [-0.25, -0.2) is 8.42 Å². The van der Waals surface area contributed by atoms with Crippen LogP contribution in [0.4, 0.5) is 0 Å². The number of nitrogens with zero attached hydrogens (tertiary/aromatic N) is 1. The SMILES string of the molecule is C[C@H](NC(=O)CN(Cc1c(Cl)cccc1Cl)S(=O)(=O)c1ccc(Cl)cc1)c1cccc(Br)c1. The minimum absolute atomic E-state index is 0.00270. The van der Waals surface area contributed by atoms with E-state index in [1.54, 1.807) is 18.2 Å². The smallest absolute Gasteiger partial charge is 0.243 e. The molecule has 33 heavy (non-hydrogen) atoms. The topological polar surface area (TPSA) is 66.5 Å². The van der Waals surface area contributed by atoms with Gasteiger partial charge in [-0.15, -0.1) is 0 Å². The highest BCUT2D eigenvalue weighted by Gasteiger charge is 2.29. The first-order valence-corrected chi connectivity index (χ1v) is 13.2. The fourth-order valence-corrected chi connectivity index (χ4v) is 5.57. The van der Waals surface area contributed by atoms with Crippen LogP contribution in [0.3, 0.4) is 0 Å². The molecule has 3 aromatic rings. The van der Waals surface area contributed by atoms with Crippen molar-refractivity contribution in [3.63, 3.8) is 0 Å². The molecule has 0 aromatic heterocycles. The molecule has 0 radical (unpaired) electrons. The van der Waals surface area contributed by atoms with Crippen molar-refractivity contribution in [2.75, 3.05) is 6.54 Å². The summed E-state index contributed by atoms with van der Waals surface area (Å²) in [5.74, 6) is -0.469. The molecule has 3 aromatic carbocycles. The summed E-state index contributed by atoms with van der Waals surface area (Å²) in [6.07, 6.45) is 0. The molecule has 1 amide bonds. The van der Waals surface area contributed by atoms with E-state index in [9.17, 15) is 13.2 Å². The lowest BCUT2D eigenvalue weighted by Crippen LogP contribution is -2.41. The zero-order valence-electron chi connectivity index (χ0n) is 17.4. The van der Waals surface area contributed by atoms with Gasteiger partial charge in [0.15, 0.2) is 0 Å². The van der Waals surface area contributed by atoms with Gasteiger partial charge in [0.2, 0.25) is 15.9 Å². The highest BCUT2D eigenvalue weighted by Crippen LogP contribution is 2.28. The van der Waals surface area contributed by atoms with Crippen molar-refractivity contribution in [2.45, 2.75) is 24.4 Å². The largest absolute Gasteiger partial charge is 0.348 e. The number of benzene rings is 3. The third-order valence-corrected chi connectivity index (χ3v) is 8.15. The van der Waals surface area contributed by atoms with Gasteiger partial charge in [0.05, 0.1) is 17.5 Å². The molecule has 0 spiro atoms. The van der Waals surface area contributed by atoms with E-state index in [0.29, 0.717) is 20.6 Å². The summed E-state index contributed by atoms with van der Waals surface area (Å²) < 4.78 is 28.8. The molecule has 0 bridgehead atoms. The molecule has 0 fully saturated rings. The zero-order valence-corrected chi connectivity index (χ0v) is 22.1. The average molecular weight is 591 g/mol. The summed E-state index contributed by atoms with van der Waals surface area (Å²) in [6.45, 7) is 1.22. The van der Waals surface area contributed by atoms with Crippen LogP contribution in [-0.4, -0.2) is 25.2 Å². The lowest BCUT2D eigenvalue weighted by atomic mass is 10.1. The first-order chi connectivity index (χ1) is 15.6. The van der Waals surface area contributed by atoms with Gasteiger partial charge in [0.1, 0.15) is 0 Å². The number of carbonyl (C=O) groups excluding carboxylic acids is 1. The Morgan fingerprint density at radius 2 is 1.61 bits per heavy atom. The minimum Gasteiger partial charge on any atom is -0.348 e. The van der Waals surface area contributed by atoms with Gasteiger partial charge in [0, 0.05) is 31.6 Å². The lowest BCUT2D eigenvalue weighted by molar-refractivity contribution is -0.122. The molecule has 5 nitrogen and oxygen atoms in total. The number of nitrogens with one attached hydrogen (secondary N) is 1. The summed E-state index contributed by atoms with van der Waals surface area (Å²) >= 11 is 21.9. The number of hydrogen-bond donors (Lipinski definition) is 1. The normalized spacial score (nSPS) is 12.5. The molecular weight excluding hydrogens is 571 g/mol. The van der Waals surface area contributed by atoms with Gasteiger partial charge in [-0.2, -0.15) is 4.31 Å². The summed E-state index contributed by atoms with van der Waals surface area (Å²) in [5.41, 5.74) is 1.28. The Hall–Kier alpha value is -1.61. The Labute approximate surface area is 216 Å². The summed E-state index contributed by atoms with van der Waals surface area (Å²) in [5, 5.41) is 3.86. The molecule has 1 atom stereocenters. The Kier molecular flexibility index (Phi) is 8.83. The molecule has 0 saturated heterocycles. The van der Waals surface area contributed by atoms with Crippen molar-refractivity contribution >= 4 is 66.7 Å². The van der Waals surface area contributed by atoms with Crippen molar-refractivity contribution in [3.05, 3.63) is 97.4 Å². The molecule has 174 valence electrons. The van der Waals surface area contributed by atoms with Crippen LogP contribution in [0.15, 0.2) is 76.1 Å². The van der Waals surface area contributed by atoms with E-state index in [-0.39, 0.29) is 17.5 Å². The molecule has 0 aliphatic rings. The second-order valence-corrected chi connectivity index (χ2v) is 11.4. The number of hydrogen-bond acceptors (Lipinski definition) is 3. The van der Waals surface area contributed by atoms with E-state index in [1.165, 1.54) is 24.3 Å². The van der Waals surface area contributed by atoms with Crippen LogP contribution < -0.4 is 5.32 Å². The zero-order chi connectivity index (χ0) is 24.2. The predicted molar refractivity (Wildman–Crippen MR) is 136 cm³/mol. The van der Waals surface area contributed by atoms with Crippen LogP contribution in [0.25, 0.3) is 0 Å². The Bertz CT molecular complexity index is 1230. The molecule has 1 N–H and O–H groups in total. The number of carbonyl (C=O) groups is 1. The molecule has 0 heterocycles. The molecule has 0 unspecified atom stereocenters. The number of rotatable bonds is 8. The van der Waals surface area contributed by atoms with Crippen LogP contribution in [-0.2, 0) is 21.4 Å². The monoisotopic (exact) mass is 588 g/mol. The quantitative estimate of drug-likeness (QED) is 0.327. The molecule has 3 rings (SSSR count). The van der Waals surface area contributed by atoms with Crippen molar-refractivity contribution < 1.29 is 13.2 Å². The molecule has 0 aliphatic heterocycles. The average Bonchev–Trinajstić information content (AvgIpc) is 2.75. The van der Waals surface area contributed by atoms with E-state index in [2.05, 4.69) is 21.2 Å². The molecule has 0 aliphatic carbocycles. The van der Waals surface area contributed by atoms with Gasteiger partial charge in [0.25, 0.3) is 0 Å². The first kappa shape index (κ1) is 26.0. The number of halogens is 4. The molecule has 0 saturated carbocycles. The maximum absolute atomic E-state index is 13.4. The second kappa shape index (κ2) is 11.2. The van der Waals surface area contributed by atoms with E-state index in [4.69, 9.17) is 34.8 Å². The van der Waals surface area contributed by atoms with Gasteiger partial charge < -0.3 is 5.32 Å². The Balaban J connectivity index is 1.89. The van der Waals surface area contributed by atoms with Crippen molar-refractivity contribution in [1.29, 1.82) is 0 Å². The molecule has 10 heteroatoms. The summed E-state index contributed by atoms with van der Waals surface area (Å²) in [6, 6.07) is 17.8. The Morgan fingerprint density at radius 3 is 2.21 bits per heavy atom. The summed E-state index contributed by atoms with van der Waals surface area (Å²) in [7, 11) is -4.06. The van der Waals surface area contributed by atoms with E-state index in [0.717, 1.165) is 14.3 Å². The highest BCUT2D eigenvalue weighted by atomic mass is 79.9. The number of sulfonamides is 1. The van der Waals surface area contributed by atoms with Crippen molar-refractivity contribution in [1.82, 2.24) is 9.62 Å². The van der Waals surface area contributed by atoms with Gasteiger partial charge in [-0.1, -0.05) is 68.9 Å². The van der Waals surface area contributed by atoms with Crippen LogP contribution in [0.1, 0.15) is 24.1 Å². The third kappa shape index (κ3) is 6.72. The lowest BCUT2D eigenvalue weighted by Gasteiger charge is -2.24.